The average molecular weight is 494 g/mol. The van der Waals surface area contributed by atoms with Crippen LogP contribution >= 0.6 is 15.9 Å². The van der Waals surface area contributed by atoms with Gasteiger partial charge in [-0.2, -0.15) is 0 Å². The number of aryl methyl sites for hydroxylation is 1. The Morgan fingerprint density at radius 2 is 1.88 bits per heavy atom. The first-order valence-electron chi connectivity index (χ1n) is 10.9. The lowest BCUT2D eigenvalue weighted by Crippen LogP contribution is -2.39. The monoisotopic (exact) mass is 493 g/mol. The molecule has 3 aromatic rings. The van der Waals surface area contributed by atoms with Gasteiger partial charge in [0.1, 0.15) is 12.4 Å². The smallest absolute Gasteiger partial charge is 0.415 e. The van der Waals surface area contributed by atoms with Gasteiger partial charge >= 0.3 is 6.09 Å². The maximum absolute atomic E-state index is 13.5. The quantitative estimate of drug-likeness (QED) is 0.371. The van der Waals surface area contributed by atoms with Gasteiger partial charge in [-0.05, 0) is 75.1 Å². The second kappa shape index (κ2) is 9.78. The molecule has 1 aliphatic rings. The minimum atomic E-state index is -0.347. The van der Waals surface area contributed by atoms with E-state index in [0.717, 1.165) is 39.9 Å². The Kier molecular flexibility index (Phi) is 6.85. The highest BCUT2D eigenvalue weighted by atomic mass is 79.9. The van der Waals surface area contributed by atoms with Crippen molar-refractivity contribution in [3.63, 3.8) is 0 Å². The van der Waals surface area contributed by atoms with E-state index in [1.165, 1.54) is 11.1 Å². The Hall–Kier alpha value is -2.79. The van der Waals surface area contributed by atoms with Crippen molar-refractivity contribution in [2.75, 3.05) is 12.0 Å². The molecule has 4 rings (SSSR count). The third kappa shape index (κ3) is 4.68. The molecule has 5 heteroatoms. The van der Waals surface area contributed by atoms with Crippen molar-refractivity contribution in [1.82, 2.24) is 0 Å². The number of hydrogen-bond donors (Lipinski definition) is 0. The topological polar surface area (TPSA) is 38.8 Å². The molecule has 0 aliphatic carbocycles. The number of benzene rings is 3. The van der Waals surface area contributed by atoms with E-state index in [-0.39, 0.29) is 18.7 Å². The van der Waals surface area contributed by atoms with Gasteiger partial charge in [-0.15, -0.1) is 0 Å². The molecule has 3 aromatic carbocycles. The third-order valence-corrected chi connectivity index (χ3v) is 6.56. The minimum Gasteiger partial charge on any atom is -0.497 e. The summed E-state index contributed by atoms with van der Waals surface area (Å²) in [7, 11) is 1.66. The highest BCUT2D eigenvalue weighted by Gasteiger charge is 2.35. The second-order valence-corrected chi connectivity index (χ2v) is 9.26. The molecule has 1 heterocycles. The Labute approximate surface area is 198 Å². The van der Waals surface area contributed by atoms with Crippen LogP contribution < -0.4 is 9.64 Å². The van der Waals surface area contributed by atoms with Crippen LogP contribution in [0.15, 0.2) is 71.2 Å². The van der Waals surface area contributed by atoms with Gasteiger partial charge in [-0.3, -0.25) is 4.90 Å². The van der Waals surface area contributed by atoms with Gasteiger partial charge in [-0.25, -0.2) is 4.79 Å². The molecule has 1 unspecified atom stereocenters. The molecule has 0 spiro atoms. The number of methoxy groups -OCH3 is 1. The van der Waals surface area contributed by atoms with Gasteiger partial charge < -0.3 is 9.47 Å². The summed E-state index contributed by atoms with van der Waals surface area (Å²) in [4.78, 5) is 15.3. The van der Waals surface area contributed by atoms with Crippen molar-refractivity contribution >= 4 is 27.7 Å². The molecule has 0 N–H and O–H groups in total. The number of fused-ring (bicyclic) bond motifs is 1. The van der Waals surface area contributed by atoms with Crippen LogP contribution in [0, 0.1) is 0 Å². The fourth-order valence-corrected chi connectivity index (χ4v) is 4.93. The Balaban J connectivity index is 1.73. The fraction of sp³-hybridized carbons (Fsp3) is 0.296. The minimum absolute atomic E-state index is 0.137. The van der Waals surface area contributed by atoms with Gasteiger partial charge in [-0.1, -0.05) is 62.4 Å². The number of rotatable bonds is 5. The number of carbonyl (C=O) groups is 1. The molecule has 0 saturated heterocycles. The molecular weight excluding hydrogens is 466 g/mol. The first kappa shape index (κ1) is 22.4. The summed E-state index contributed by atoms with van der Waals surface area (Å²) >= 11 is 3.76. The zero-order valence-electron chi connectivity index (χ0n) is 18.7. The van der Waals surface area contributed by atoms with Crippen molar-refractivity contribution in [1.29, 1.82) is 0 Å². The zero-order chi connectivity index (χ0) is 22.7. The number of hydrogen-bond acceptors (Lipinski definition) is 3. The molecule has 0 aromatic heterocycles. The van der Waals surface area contributed by atoms with Gasteiger partial charge in [0.15, 0.2) is 0 Å². The van der Waals surface area contributed by atoms with Crippen molar-refractivity contribution in [3.8, 4) is 5.75 Å². The van der Waals surface area contributed by atoms with Crippen LogP contribution in [0.25, 0.3) is 0 Å². The van der Waals surface area contributed by atoms with Crippen LogP contribution in [0.2, 0.25) is 0 Å². The summed E-state index contributed by atoms with van der Waals surface area (Å²) in [5, 5.41) is 0. The predicted molar refractivity (Wildman–Crippen MR) is 131 cm³/mol. The fourth-order valence-electron chi connectivity index (χ4n) is 4.22. The van der Waals surface area contributed by atoms with Gasteiger partial charge in [0.2, 0.25) is 0 Å². The van der Waals surface area contributed by atoms with Crippen LogP contribution in [0.5, 0.6) is 5.75 Å². The van der Waals surface area contributed by atoms with Crippen molar-refractivity contribution in [2.45, 2.75) is 45.3 Å². The summed E-state index contributed by atoms with van der Waals surface area (Å²) in [5.41, 5.74) is 5.32. The molecule has 1 atom stereocenters. The molecule has 0 bridgehead atoms. The highest BCUT2D eigenvalue weighted by molar-refractivity contribution is 9.10. The van der Waals surface area contributed by atoms with Gasteiger partial charge in [0.05, 0.1) is 18.8 Å². The zero-order valence-corrected chi connectivity index (χ0v) is 20.3. The Morgan fingerprint density at radius 1 is 1.09 bits per heavy atom. The summed E-state index contributed by atoms with van der Waals surface area (Å²) in [6.07, 6.45) is 1.36. The van der Waals surface area contributed by atoms with Crippen LogP contribution in [-0.2, 0) is 17.8 Å². The first-order chi connectivity index (χ1) is 15.5. The van der Waals surface area contributed by atoms with E-state index in [1.807, 2.05) is 59.5 Å². The molecule has 0 radical (unpaired) electrons. The molecule has 4 nitrogen and oxygen atoms in total. The molecule has 0 saturated carbocycles. The van der Waals surface area contributed by atoms with Crippen LogP contribution in [0.1, 0.15) is 54.5 Å². The predicted octanol–water partition coefficient (Wildman–Crippen LogP) is 7.41. The number of amides is 1. The van der Waals surface area contributed by atoms with E-state index in [9.17, 15) is 4.79 Å². The summed E-state index contributed by atoms with van der Waals surface area (Å²) in [6.45, 7) is 4.60. The molecule has 1 aliphatic heterocycles. The van der Waals surface area contributed by atoms with Gasteiger partial charge in [0, 0.05) is 4.47 Å². The summed E-state index contributed by atoms with van der Waals surface area (Å²) in [6, 6.07) is 21.9. The second-order valence-electron chi connectivity index (χ2n) is 8.41. The standard InChI is InChI=1S/C27H28BrNO3/c1-18(2)22-14-21-12-13-25(20-10-7-11-23(15-20)31-3)29(26(21)24(28)16-22)27(30)32-17-19-8-5-4-6-9-19/h4-11,14-16,18,25H,12-13,17H2,1-3H3. The first-order valence-corrected chi connectivity index (χ1v) is 11.7. The summed E-state index contributed by atoms with van der Waals surface area (Å²) < 4.78 is 12.2. The average Bonchev–Trinajstić information content (AvgIpc) is 2.82. The molecule has 0 fully saturated rings. The number of anilines is 1. The van der Waals surface area contributed by atoms with Crippen LogP contribution in [0.4, 0.5) is 10.5 Å². The maximum atomic E-state index is 13.5. The molecule has 1 amide bonds. The highest BCUT2D eigenvalue weighted by Crippen LogP contribution is 2.45. The van der Waals surface area contributed by atoms with E-state index in [2.05, 4.69) is 41.9 Å². The van der Waals surface area contributed by atoms with Crippen molar-refractivity contribution < 1.29 is 14.3 Å². The molecular formula is C27H28BrNO3. The molecule has 166 valence electrons. The van der Waals surface area contributed by atoms with Gasteiger partial charge in [0.25, 0.3) is 0 Å². The molecule has 32 heavy (non-hydrogen) atoms. The van der Waals surface area contributed by atoms with E-state index in [1.54, 1.807) is 7.11 Å². The Morgan fingerprint density at radius 3 is 2.59 bits per heavy atom. The lowest BCUT2D eigenvalue weighted by molar-refractivity contribution is 0.143. The Bertz CT molecular complexity index is 1100. The summed E-state index contributed by atoms with van der Waals surface area (Å²) in [5.74, 6) is 1.19. The third-order valence-electron chi connectivity index (χ3n) is 5.95. The number of nitrogens with zero attached hydrogens (tertiary/aromatic N) is 1. The van der Waals surface area contributed by atoms with Crippen molar-refractivity contribution in [3.05, 3.63) is 93.5 Å². The lowest BCUT2D eigenvalue weighted by atomic mass is 9.89. The maximum Gasteiger partial charge on any atom is 0.415 e. The number of halogens is 1. The van der Waals surface area contributed by atoms with Crippen LogP contribution in [-0.4, -0.2) is 13.2 Å². The van der Waals surface area contributed by atoms with Crippen molar-refractivity contribution in [2.24, 2.45) is 0 Å². The van der Waals surface area contributed by atoms with E-state index >= 15 is 0 Å². The normalized spacial score (nSPS) is 15.4. The number of ether oxygens (including phenoxy) is 2. The van der Waals surface area contributed by atoms with E-state index < -0.39 is 0 Å². The largest absolute Gasteiger partial charge is 0.497 e. The van der Waals surface area contributed by atoms with E-state index in [4.69, 9.17) is 9.47 Å². The SMILES string of the molecule is COc1cccc(C2CCc3cc(C(C)C)cc(Br)c3N2C(=O)OCc2ccccc2)c1. The van der Waals surface area contributed by atoms with E-state index in [0.29, 0.717) is 5.92 Å². The van der Waals surface area contributed by atoms with Crippen LogP contribution in [0.3, 0.4) is 0 Å². The number of carbonyl (C=O) groups excluding carboxylic acids is 1. The lowest BCUT2D eigenvalue weighted by Gasteiger charge is -2.38.